The predicted molar refractivity (Wildman–Crippen MR) is 148 cm³/mol. The minimum absolute atomic E-state index is 0.306. The van der Waals surface area contributed by atoms with E-state index in [9.17, 15) is 9.59 Å². The van der Waals surface area contributed by atoms with Crippen LogP contribution in [-0.2, 0) is 16.1 Å². The topological polar surface area (TPSA) is 81.2 Å². The molecule has 0 aliphatic heterocycles. The van der Waals surface area contributed by atoms with Gasteiger partial charge in [-0.1, -0.05) is 90.0 Å². The van der Waals surface area contributed by atoms with Gasteiger partial charge >= 0.3 is 5.97 Å². The molecule has 0 spiro atoms. The van der Waals surface area contributed by atoms with Gasteiger partial charge in [-0.25, -0.2) is 14.8 Å². The van der Waals surface area contributed by atoms with Crippen LogP contribution in [0.4, 0.5) is 0 Å². The third-order valence-electron chi connectivity index (χ3n) is 6.22. The van der Waals surface area contributed by atoms with Crippen molar-refractivity contribution in [3.05, 3.63) is 119 Å². The molecule has 1 aromatic heterocycles. The van der Waals surface area contributed by atoms with Crippen LogP contribution in [0.2, 0.25) is 0 Å². The molecule has 38 heavy (non-hydrogen) atoms. The summed E-state index contributed by atoms with van der Waals surface area (Å²) < 4.78 is 5.26. The Balaban J connectivity index is 1.39. The van der Waals surface area contributed by atoms with Gasteiger partial charge in [-0.3, -0.25) is 4.79 Å². The zero-order valence-electron chi connectivity index (χ0n) is 21.3. The molecule has 5 aromatic rings. The lowest BCUT2D eigenvalue weighted by Gasteiger charge is -2.12. The number of fused-ring (bicyclic) bond motifs is 1. The summed E-state index contributed by atoms with van der Waals surface area (Å²) in [6.07, 6.45) is 0. The molecule has 4 aromatic carbocycles. The van der Waals surface area contributed by atoms with Crippen LogP contribution in [0.3, 0.4) is 0 Å². The zero-order chi connectivity index (χ0) is 26.5. The van der Waals surface area contributed by atoms with E-state index in [-0.39, 0.29) is 12.5 Å². The number of hydrogen-bond donors (Lipinski definition) is 1. The number of nitrogens with zero attached hydrogens (tertiary/aromatic N) is 2. The molecule has 0 radical (unpaired) electrons. The first-order chi connectivity index (χ1) is 18.5. The minimum atomic E-state index is -0.594. The van der Waals surface area contributed by atoms with Crippen molar-refractivity contribution in [2.45, 2.75) is 20.4 Å². The van der Waals surface area contributed by atoms with Crippen LogP contribution in [0.25, 0.3) is 33.5 Å². The van der Waals surface area contributed by atoms with Crippen LogP contribution < -0.4 is 5.32 Å². The summed E-state index contributed by atoms with van der Waals surface area (Å²) in [7, 11) is 0. The number of carbonyl (C=O) groups is 2. The Bertz CT molecular complexity index is 1600. The van der Waals surface area contributed by atoms with Gasteiger partial charge in [0.05, 0.1) is 28.0 Å². The van der Waals surface area contributed by atoms with E-state index < -0.39 is 5.97 Å². The van der Waals surface area contributed by atoms with E-state index >= 15 is 0 Å². The van der Waals surface area contributed by atoms with Crippen molar-refractivity contribution in [3.8, 4) is 22.5 Å². The Morgan fingerprint density at radius 2 is 1.29 bits per heavy atom. The summed E-state index contributed by atoms with van der Waals surface area (Å²) in [4.78, 5) is 34.8. The lowest BCUT2D eigenvalue weighted by molar-refractivity contribution is -0.124. The Morgan fingerprint density at radius 1 is 0.711 bits per heavy atom. The highest BCUT2D eigenvalue weighted by Gasteiger charge is 2.16. The molecule has 1 heterocycles. The number of aromatic nitrogens is 2. The van der Waals surface area contributed by atoms with E-state index in [0.717, 1.165) is 39.2 Å². The molecule has 0 unspecified atom stereocenters. The van der Waals surface area contributed by atoms with Crippen LogP contribution in [0.15, 0.2) is 97.1 Å². The smallest absolute Gasteiger partial charge is 0.338 e. The SMILES string of the molecule is Cc1ccc(-c2nc3ccc(C(=O)OCC(=O)NCc4ccccc4)cc3nc2-c2ccc(C)cc2)cc1. The lowest BCUT2D eigenvalue weighted by atomic mass is 10.0. The largest absolute Gasteiger partial charge is 0.452 e. The first-order valence-electron chi connectivity index (χ1n) is 12.4. The van der Waals surface area contributed by atoms with Crippen molar-refractivity contribution in [3.63, 3.8) is 0 Å². The molecule has 188 valence electrons. The normalized spacial score (nSPS) is 10.8. The van der Waals surface area contributed by atoms with Gasteiger partial charge in [-0.15, -0.1) is 0 Å². The molecule has 6 nitrogen and oxygen atoms in total. The molecule has 0 aliphatic rings. The molecule has 0 fully saturated rings. The Kier molecular flexibility index (Phi) is 7.22. The van der Waals surface area contributed by atoms with E-state index in [1.807, 2.05) is 80.6 Å². The number of benzene rings is 4. The highest BCUT2D eigenvalue weighted by atomic mass is 16.5. The molecule has 1 N–H and O–H groups in total. The van der Waals surface area contributed by atoms with Gasteiger partial charge in [-0.2, -0.15) is 0 Å². The monoisotopic (exact) mass is 501 g/mol. The van der Waals surface area contributed by atoms with Gasteiger partial charge in [0, 0.05) is 17.7 Å². The van der Waals surface area contributed by atoms with Gasteiger partial charge in [0.25, 0.3) is 5.91 Å². The summed E-state index contributed by atoms with van der Waals surface area (Å²) in [5, 5.41) is 2.75. The fourth-order valence-electron chi connectivity index (χ4n) is 4.07. The first-order valence-corrected chi connectivity index (χ1v) is 12.4. The first kappa shape index (κ1) is 24.8. The lowest BCUT2D eigenvalue weighted by Crippen LogP contribution is -2.28. The Labute approximate surface area is 221 Å². The third kappa shape index (κ3) is 5.76. The fraction of sp³-hybridized carbons (Fsp3) is 0.125. The van der Waals surface area contributed by atoms with E-state index in [1.54, 1.807) is 18.2 Å². The van der Waals surface area contributed by atoms with Crippen molar-refractivity contribution >= 4 is 22.9 Å². The van der Waals surface area contributed by atoms with Crippen LogP contribution in [0.5, 0.6) is 0 Å². The molecule has 1 amide bonds. The molecular weight excluding hydrogens is 474 g/mol. The average Bonchev–Trinajstić information content (AvgIpc) is 2.95. The van der Waals surface area contributed by atoms with Crippen LogP contribution >= 0.6 is 0 Å². The van der Waals surface area contributed by atoms with Gasteiger partial charge < -0.3 is 10.1 Å². The maximum absolute atomic E-state index is 12.7. The summed E-state index contributed by atoms with van der Waals surface area (Å²) in [6, 6.07) is 30.9. The van der Waals surface area contributed by atoms with Crippen LogP contribution in [-0.4, -0.2) is 28.5 Å². The maximum atomic E-state index is 12.7. The molecule has 5 rings (SSSR count). The summed E-state index contributed by atoms with van der Waals surface area (Å²) in [6.45, 7) is 4.09. The molecule has 0 atom stereocenters. The molecule has 0 saturated carbocycles. The molecule has 0 aliphatic carbocycles. The molecular formula is C32H27N3O3. The van der Waals surface area contributed by atoms with Crippen LogP contribution in [0.1, 0.15) is 27.0 Å². The molecule has 0 bridgehead atoms. The number of ether oxygens (including phenoxy) is 1. The van der Waals surface area contributed by atoms with Crippen molar-refractivity contribution < 1.29 is 14.3 Å². The number of nitrogens with one attached hydrogen (secondary N) is 1. The minimum Gasteiger partial charge on any atom is -0.452 e. The number of aryl methyl sites for hydroxylation is 2. The third-order valence-corrected chi connectivity index (χ3v) is 6.22. The zero-order valence-corrected chi connectivity index (χ0v) is 21.3. The van der Waals surface area contributed by atoms with Gasteiger partial charge in [-0.05, 0) is 37.6 Å². The van der Waals surface area contributed by atoms with E-state index in [1.165, 1.54) is 0 Å². The van der Waals surface area contributed by atoms with Crippen molar-refractivity contribution in [2.24, 2.45) is 0 Å². The highest BCUT2D eigenvalue weighted by Crippen LogP contribution is 2.31. The highest BCUT2D eigenvalue weighted by molar-refractivity contribution is 5.96. The summed E-state index contributed by atoms with van der Waals surface area (Å²) >= 11 is 0. The second kappa shape index (κ2) is 11.0. The van der Waals surface area contributed by atoms with Crippen molar-refractivity contribution in [1.82, 2.24) is 15.3 Å². The number of esters is 1. The second-order valence-electron chi connectivity index (χ2n) is 9.19. The van der Waals surface area contributed by atoms with Gasteiger partial charge in [0.15, 0.2) is 6.61 Å². The average molecular weight is 502 g/mol. The van der Waals surface area contributed by atoms with Gasteiger partial charge in [0.1, 0.15) is 0 Å². The number of rotatable bonds is 7. The standard InChI is InChI=1S/C32H27N3O3/c1-21-8-12-24(13-9-21)30-31(25-14-10-22(2)11-15-25)35-28-18-26(16-17-27(28)34-30)32(37)38-20-29(36)33-19-23-6-4-3-5-7-23/h3-18H,19-20H2,1-2H3,(H,33,36). The maximum Gasteiger partial charge on any atom is 0.338 e. The van der Waals surface area contributed by atoms with E-state index in [2.05, 4.69) is 17.4 Å². The van der Waals surface area contributed by atoms with Crippen molar-refractivity contribution in [2.75, 3.05) is 6.61 Å². The Morgan fingerprint density at radius 3 is 1.89 bits per heavy atom. The van der Waals surface area contributed by atoms with E-state index in [4.69, 9.17) is 14.7 Å². The second-order valence-corrected chi connectivity index (χ2v) is 9.19. The van der Waals surface area contributed by atoms with Crippen LogP contribution in [0, 0.1) is 13.8 Å². The van der Waals surface area contributed by atoms with E-state index in [0.29, 0.717) is 23.1 Å². The number of carbonyl (C=O) groups excluding carboxylic acids is 2. The summed E-state index contributed by atoms with van der Waals surface area (Å²) in [5.74, 6) is -0.963. The number of hydrogen-bond acceptors (Lipinski definition) is 5. The molecule has 6 heteroatoms. The number of amides is 1. The van der Waals surface area contributed by atoms with Gasteiger partial charge in [0.2, 0.25) is 0 Å². The predicted octanol–water partition coefficient (Wildman–Crippen LogP) is 6.05. The summed E-state index contributed by atoms with van der Waals surface area (Å²) in [5.41, 5.74) is 8.21. The Hall–Kier alpha value is -4.84. The quantitative estimate of drug-likeness (QED) is 0.275. The fourth-order valence-corrected chi connectivity index (χ4v) is 4.07. The van der Waals surface area contributed by atoms with Crippen molar-refractivity contribution in [1.29, 1.82) is 0 Å². The molecule has 0 saturated heterocycles.